The number of halogens is 3. The fourth-order valence-electron chi connectivity index (χ4n) is 3.55. The summed E-state index contributed by atoms with van der Waals surface area (Å²) >= 11 is 0. The Labute approximate surface area is 188 Å². The maximum Gasteiger partial charge on any atom is 0.416 e. The highest BCUT2D eigenvalue weighted by Gasteiger charge is 2.35. The van der Waals surface area contributed by atoms with Crippen LogP contribution in [0.4, 0.5) is 13.2 Å². The minimum Gasteiger partial charge on any atom is -0.497 e. The fraction of sp³-hybridized carbons (Fsp3) is 0.273. The summed E-state index contributed by atoms with van der Waals surface area (Å²) < 4.78 is 78.1. The number of sulfonamides is 1. The van der Waals surface area contributed by atoms with Crippen LogP contribution in [0.3, 0.4) is 0 Å². The molecule has 1 saturated heterocycles. The van der Waals surface area contributed by atoms with E-state index in [0.29, 0.717) is 23.4 Å². The molecule has 2 aromatic carbocycles. The Morgan fingerprint density at radius 3 is 2.48 bits per heavy atom. The molecule has 1 aliphatic heterocycles. The van der Waals surface area contributed by atoms with Crippen molar-refractivity contribution in [3.8, 4) is 22.8 Å². The van der Waals surface area contributed by atoms with E-state index in [4.69, 9.17) is 9.47 Å². The predicted octanol–water partition coefficient (Wildman–Crippen LogP) is 4.01. The fourth-order valence-corrected chi connectivity index (χ4v) is 5.03. The lowest BCUT2D eigenvalue weighted by molar-refractivity contribution is -0.137. The molecule has 0 aliphatic carbocycles. The number of alkyl halides is 3. The van der Waals surface area contributed by atoms with E-state index in [1.165, 1.54) is 42.1 Å². The van der Waals surface area contributed by atoms with Gasteiger partial charge in [0.25, 0.3) is 0 Å². The average Bonchev–Trinajstić information content (AvgIpc) is 3.28. The van der Waals surface area contributed by atoms with Gasteiger partial charge in [0.15, 0.2) is 0 Å². The molecule has 3 aromatic rings. The lowest BCUT2D eigenvalue weighted by atomic mass is 10.1. The van der Waals surface area contributed by atoms with E-state index < -0.39 is 27.9 Å². The highest BCUT2D eigenvalue weighted by molar-refractivity contribution is 7.89. The van der Waals surface area contributed by atoms with Crippen molar-refractivity contribution >= 4 is 10.0 Å². The monoisotopic (exact) mass is 479 g/mol. The van der Waals surface area contributed by atoms with Crippen molar-refractivity contribution in [2.24, 2.45) is 0 Å². The molecule has 33 heavy (non-hydrogen) atoms. The van der Waals surface area contributed by atoms with Crippen LogP contribution < -0.4 is 9.47 Å². The lowest BCUT2D eigenvalue weighted by Crippen LogP contribution is -2.31. The zero-order valence-corrected chi connectivity index (χ0v) is 18.3. The molecule has 0 N–H and O–H groups in total. The van der Waals surface area contributed by atoms with E-state index in [-0.39, 0.29) is 23.7 Å². The van der Waals surface area contributed by atoms with Crippen LogP contribution in [-0.2, 0) is 16.2 Å². The van der Waals surface area contributed by atoms with Crippen molar-refractivity contribution in [3.63, 3.8) is 0 Å². The third kappa shape index (κ3) is 4.93. The highest BCUT2D eigenvalue weighted by Crippen LogP contribution is 2.37. The van der Waals surface area contributed by atoms with Crippen molar-refractivity contribution in [1.82, 2.24) is 14.3 Å². The van der Waals surface area contributed by atoms with E-state index in [9.17, 15) is 21.6 Å². The van der Waals surface area contributed by atoms with Gasteiger partial charge in [0.05, 0.1) is 29.8 Å². The molecule has 174 valence electrons. The second kappa shape index (κ2) is 8.99. The predicted molar refractivity (Wildman–Crippen MR) is 113 cm³/mol. The number of hydrogen-bond donors (Lipinski definition) is 0. The molecule has 0 spiro atoms. The molecule has 0 saturated carbocycles. The normalized spacial score (nSPS) is 17.2. The summed E-state index contributed by atoms with van der Waals surface area (Å²) in [6.45, 7) is 0.189. The molecule has 1 atom stereocenters. The van der Waals surface area contributed by atoms with Gasteiger partial charge in [0.2, 0.25) is 10.0 Å². The molecule has 0 bridgehead atoms. The largest absolute Gasteiger partial charge is 0.497 e. The molecule has 1 aliphatic rings. The first-order chi connectivity index (χ1) is 15.7. The second-order valence-electron chi connectivity index (χ2n) is 7.37. The summed E-state index contributed by atoms with van der Waals surface area (Å²) in [5.74, 6) is 0.510. The number of aromatic nitrogens is 2. The second-order valence-corrected chi connectivity index (χ2v) is 9.31. The summed E-state index contributed by atoms with van der Waals surface area (Å²) in [5, 5.41) is 0. The van der Waals surface area contributed by atoms with E-state index in [1.54, 1.807) is 18.2 Å². The standard InChI is InChI=1S/C22H20F3N3O4S/c1-31-16-3-5-18(6-4-16)33(29,30)28-11-9-17(13-28)32-21-12-15(22(23,24)25)2-7-19(21)20-8-10-26-14-27-20/h2-8,10,12,14,17H,9,11,13H2,1H3. The number of ether oxygens (including phenoxy) is 2. The number of benzene rings is 2. The van der Waals surface area contributed by atoms with Crippen LogP contribution in [0, 0.1) is 0 Å². The van der Waals surface area contributed by atoms with Crippen molar-refractivity contribution in [2.75, 3.05) is 20.2 Å². The molecule has 1 aromatic heterocycles. The van der Waals surface area contributed by atoms with Crippen LogP contribution >= 0.6 is 0 Å². The van der Waals surface area contributed by atoms with E-state index in [0.717, 1.165) is 12.1 Å². The van der Waals surface area contributed by atoms with Gasteiger partial charge < -0.3 is 9.47 Å². The zero-order valence-electron chi connectivity index (χ0n) is 17.5. The summed E-state index contributed by atoms with van der Waals surface area (Å²) in [6.07, 6.45) is -2.09. The molecule has 4 rings (SSSR count). The summed E-state index contributed by atoms with van der Waals surface area (Å²) in [4.78, 5) is 8.02. The van der Waals surface area contributed by atoms with Crippen LogP contribution in [0.5, 0.6) is 11.5 Å². The number of rotatable bonds is 6. The van der Waals surface area contributed by atoms with Crippen molar-refractivity contribution < 1.29 is 31.1 Å². The van der Waals surface area contributed by atoms with Crippen molar-refractivity contribution in [3.05, 3.63) is 66.6 Å². The molecular weight excluding hydrogens is 459 g/mol. The molecule has 1 unspecified atom stereocenters. The summed E-state index contributed by atoms with van der Waals surface area (Å²) in [5.41, 5.74) is -0.104. The van der Waals surface area contributed by atoms with E-state index in [2.05, 4.69) is 9.97 Å². The van der Waals surface area contributed by atoms with Gasteiger partial charge in [0.1, 0.15) is 23.9 Å². The Balaban J connectivity index is 1.58. The van der Waals surface area contributed by atoms with Gasteiger partial charge in [-0.3, -0.25) is 0 Å². The van der Waals surface area contributed by atoms with Crippen LogP contribution in [0.15, 0.2) is 66.0 Å². The van der Waals surface area contributed by atoms with Gasteiger partial charge >= 0.3 is 6.18 Å². The Kier molecular flexibility index (Phi) is 6.26. The zero-order chi connectivity index (χ0) is 23.6. The van der Waals surface area contributed by atoms with Crippen molar-refractivity contribution in [1.29, 1.82) is 0 Å². The third-order valence-electron chi connectivity index (χ3n) is 5.27. The van der Waals surface area contributed by atoms with Crippen LogP contribution in [0.1, 0.15) is 12.0 Å². The number of nitrogens with zero attached hydrogens (tertiary/aromatic N) is 3. The van der Waals surface area contributed by atoms with Crippen LogP contribution in [0.25, 0.3) is 11.3 Å². The smallest absolute Gasteiger partial charge is 0.416 e. The lowest BCUT2D eigenvalue weighted by Gasteiger charge is -2.20. The third-order valence-corrected chi connectivity index (χ3v) is 7.14. The SMILES string of the molecule is COc1ccc(S(=O)(=O)N2CCC(Oc3cc(C(F)(F)F)ccc3-c3ccncn3)C2)cc1. The Hall–Kier alpha value is -3.18. The Morgan fingerprint density at radius 1 is 1.09 bits per heavy atom. The molecule has 0 radical (unpaired) electrons. The highest BCUT2D eigenvalue weighted by atomic mass is 32.2. The molecular formula is C22H20F3N3O4S. The van der Waals surface area contributed by atoms with Gasteiger partial charge in [0, 0.05) is 18.3 Å². The first kappa shape index (κ1) is 23.0. The Bertz CT molecular complexity index is 1220. The molecule has 2 heterocycles. The minimum atomic E-state index is -4.55. The quantitative estimate of drug-likeness (QED) is 0.531. The molecule has 11 heteroatoms. The van der Waals surface area contributed by atoms with Crippen LogP contribution in [0.2, 0.25) is 0 Å². The maximum atomic E-state index is 13.3. The van der Waals surface area contributed by atoms with E-state index >= 15 is 0 Å². The first-order valence-corrected chi connectivity index (χ1v) is 11.4. The van der Waals surface area contributed by atoms with Crippen LogP contribution in [-0.4, -0.2) is 49.0 Å². The molecule has 0 amide bonds. The molecule has 1 fully saturated rings. The van der Waals surface area contributed by atoms with Gasteiger partial charge in [-0.25, -0.2) is 18.4 Å². The summed E-state index contributed by atoms with van der Waals surface area (Å²) in [7, 11) is -2.30. The van der Waals surface area contributed by atoms with Crippen molar-refractivity contribution in [2.45, 2.75) is 23.6 Å². The van der Waals surface area contributed by atoms with Gasteiger partial charge in [-0.1, -0.05) is 0 Å². The van der Waals surface area contributed by atoms with Gasteiger partial charge in [-0.15, -0.1) is 0 Å². The van der Waals surface area contributed by atoms with Gasteiger partial charge in [-0.05, 0) is 55.0 Å². The summed E-state index contributed by atoms with van der Waals surface area (Å²) in [6, 6.07) is 10.7. The maximum absolute atomic E-state index is 13.3. The topological polar surface area (TPSA) is 81.6 Å². The van der Waals surface area contributed by atoms with E-state index in [1.807, 2.05) is 0 Å². The minimum absolute atomic E-state index is 0.00776. The Morgan fingerprint density at radius 2 is 1.85 bits per heavy atom. The number of methoxy groups -OCH3 is 1. The molecule has 7 nitrogen and oxygen atoms in total. The number of hydrogen-bond acceptors (Lipinski definition) is 6. The van der Waals surface area contributed by atoms with Gasteiger partial charge in [-0.2, -0.15) is 17.5 Å². The average molecular weight is 479 g/mol. The first-order valence-electron chi connectivity index (χ1n) is 9.97.